The Kier molecular flexibility index (Phi) is 7.67. The van der Waals surface area contributed by atoms with Gasteiger partial charge in [-0.25, -0.2) is 4.79 Å². The van der Waals surface area contributed by atoms with Crippen molar-refractivity contribution >= 4 is 29.2 Å². The number of rotatable bonds is 8. The van der Waals surface area contributed by atoms with E-state index in [2.05, 4.69) is 5.32 Å². The summed E-state index contributed by atoms with van der Waals surface area (Å²) in [5, 5.41) is 3.47. The number of esters is 1. The summed E-state index contributed by atoms with van der Waals surface area (Å²) in [6, 6.07) is 11.9. The Morgan fingerprint density at radius 3 is 2.48 bits per heavy atom. The zero-order valence-electron chi connectivity index (χ0n) is 15.8. The summed E-state index contributed by atoms with van der Waals surface area (Å²) in [6.07, 6.45) is 1.08. The Morgan fingerprint density at radius 1 is 1.15 bits per heavy atom. The third kappa shape index (κ3) is 6.29. The van der Waals surface area contributed by atoms with Crippen molar-refractivity contribution < 1.29 is 19.1 Å². The molecule has 6 heteroatoms. The maximum absolute atomic E-state index is 12.4. The zero-order valence-corrected chi connectivity index (χ0v) is 16.5. The molecule has 0 aromatic heterocycles. The first-order chi connectivity index (χ1) is 12.9. The number of halogens is 1. The topological polar surface area (TPSA) is 64.6 Å². The number of hydrogen-bond donors (Lipinski definition) is 1. The Hall–Kier alpha value is -2.53. The van der Waals surface area contributed by atoms with Gasteiger partial charge in [0, 0.05) is 16.3 Å². The average molecular weight is 390 g/mol. The third-order valence-electron chi connectivity index (χ3n) is 3.94. The predicted octanol–water partition coefficient (Wildman–Crippen LogP) is 5.01. The lowest BCUT2D eigenvalue weighted by molar-refractivity contribution is -0.151. The molecule has 1 N–H and O–H groups in total. The average Bonchev–Trinajstić information content (AvgIpc) is 2.64. The van der Waals surface area contributed by atoms with Gasteiger partial charge in [-0.3, -0.25) is 4.79 Å². The van der Waals surface area contributed by atoms with E-state index in [-0.39, 0.29) is 5.91 Å². The molecule has 1 atom stereocenters. The van der Waals surface area contributed by atoms with E-state index in [9.17, 15) is 9.59 Å². The molecule has 2 aromatic carbocycles. The van der Waals surface area contributed by atoms with E-state index >= 15 is 0 Å². The third-order valence-corrected chi connectivity index (χ3v) is 4.18. The van der Waals surface area contributed by atoms with Crippen LogP contribution in [0, 0.1) is 6.92 Å². The van der Waals surface area contributed by atoms with Crippen LogP contribution < -0.4 is 10.1 Å². The van der Waals surface area contributed by atoms with E-state index in [1.807, 2.05) is 13.8 Å². The Morgan fingerprint density at radius 2 is 1.85 bits per heavy atom. The molecule has 0 bridgehead atoms. The second kappa shape index (κ2) is 9.97. The monoisotopic (exact) mass is 389 g/mol. The van der Waals surface area contributed by atoms with Crippen LogP contribution in [0.25, 0.3) is 0 Å². The summed E-state index contributed by atoms with van der Waals surface area (Å²) in [4.78, 5) is 24.2. The molecule has 1 amide bonds. The Balaban J connectivity index is 1.93. The molecule has 0 aliphatic carbocycles. The molecule has 2 rings (SSSR count). The van der Waals surface area contributed by atoms with Gasteiger partial charge in [0.2, 0.25) is 0 Å². The molecule has 0 heterocycles. The fraction of sp³-hybridized carbons (Fsp3) is 0.333. The number of carbonyl (C=O) groups is 2. The molecule has 2 aromatic rings. The maximum atomic E-state index is 12.4. The number of amides is 1. The van der Waals surface area contributed by atoms with Crippen LogP contribution in [0.4, 0.5) is 5.69 Å². The fourth-order valence-electron chi connectivity index (χ4n) is 2.33. The Labute approximate surface area is 164 Å². The van der Waals surface area contributed by atoms with Crippen molar-refractivity contribution in [2.75, 3.05) is 11.9 Å². The number of unbranched alkanes of at least 4 members (excludes halogenated alkanes) is 1. The largest absolute Gasteiger partial charge is 0.479 e. The molecular weight excluding hydrogens is 366 g/mol. The molecular formula is C21H24ClNO4. The molecule has 0 radical (unpaired) electrons. The minimum atomic E-state index is -0.710. The standard InChI is InChI=1S/C21H24ClNO4/c1-4-5-12-26-21(25)15(3)27-18-9-6-16(7-10-18)20(24)23-19-11-8-17(22)13-14(19)2/h6-11,13,15H,4-5,12H2,1-3H3,(H,23,24)/t15-/m1/s1. The second-order valence-corrected chi connectivity index (χ2v) is 6.66. The number of ether oxygens (including phenoxy) is 2. The van der Waals surface area contributed by atoms with Crippen LogP contribution in [-0.4, -0.2) is 24.6 Å². The molecule has 0 aliphatic rings. The first-order valence-electron chi connectivity index (χ1n) is 8.91. The van der Waals surface area contributed by atoms with Crippen molar-refractivity contribution in [3.63, 3.8) is 0 Å². The number of nitrogens with one attached hydrogen (secondary N) is 1. The fourth-order valence-corrected chi connectivity index (χ4v) is 2.56. The van der Waals surface area contributed by atoms with Gasteiger partial charge < -0.3 is 14.8 Å². The molecule has 0 spiro atoms. The van der Waals surface area contributed by atoms with Gasteiger partial charge in [0.25, 0.3) is 5.91 Å². The predicted molar refractivity (Wildman–Crippen MR) is 107 cm³/mol. The summed E-state index contributed by atoms with van der Waals surface area (Å²) >= 11 is 5.93. The quantitative estimate of drug-likeness (QED) is 0.509. The van der Waals surface area contributed by atoms with Crippen molar-refractivity contribution in [3.8, 4) is 5.75 Å². The molecule has 0 saturated heterocycles. The molecule has 5 nitrogen and oxygen atoms in total. The molecule has 0 unspecified atom stereocenters. The van der Waals surface area contributed by atoms with Crippen LogP contribution >= 0.6 is 11.6 Å². The lowest BCUT2D eigenvalue weighted by Gasteiger charge is -2.14. The van der Waals surface area contributed by atoms with Crippen molar-refractivity contribution in [1.29, 1.82) is 0 Å². The van der Waals surface area contributed by atoms with Gasteiger partial charge in [-0.15, -0.1) is 0 Å². The molecule has 0 fully saturated rings. The SMILES string of the molecule is CCCCOC(=O)[C@@H](C)Oc1ccc(C(=O)Nc2ccc(Cl)cc2C)cc1. The van der Waals surface area contributed by atoms with Gasteiger partial charge in [0.15, 0.2) is 6.10 Å². The van der Waals surface area contributed by atoms with E-state index in [1.165, 1.54) is 0 Å². The van der Waals surface area contributed by atoms with Crippen LogP contribution in [0.5, 0.6) is 5.75 Å². The minimum Gasteiger partial charge on any atom is -0.479 e. The van der Waals surface area contributed by atoms with E-state index in [0.29, 0.717) is 28.6 Å². The smallest absolute Gasteiger partial charge is 0.347 e. The van der Waals surface area contributed by atoms with Crippen molar-refractivity contribution in [2.45, 2.75) is 39.7 Å². The number of hydrogen-bond acceptors (Lipinski definition) is 4. The highest BCUT2D eigenvalue weighted by atomic mass is 35.5. The van der Waals surface area contributed by atoms with Gasteiger partial charge in [0.1, 0.15) is 5.75 Å². The van der Waals surface area contributed by atoms with E-state index in [4.69, 9.17) is 21.1 Å². The number of benzene rings is 2. The van der Waals surface area contributed by atoms with Crippen LogP contribution in [0.3, 0.4) is 0 Å². The van der Waals surface area contributed by atoms with Crippen molar-refractivity contribution in [3.05, 3.63) is 58.6 Å². The lowest BCUT2D eigenvalue weighted by atomic mass is 10.1. The lowest BCUT2D eigenvalue weighted by Crippen LogP contribution is -2.26. The number of anilines is 1. The molecule has 0 saturated carbocycles. The van der Waals surface area contributed by atoms with Crippen LogP contribution in [0.15, 0.2) is 42.5 Å². The highest BCUT2D eigenvalue weighted by molar-refractivity contribution is 6.30. The van der Waals surface area contributed by atoms with Crippen molar-refractivity contribution in [2.24, 2.45) is 0 Å². The van der Waals surface area contributed by atoms with Gasteiger partial charge in [-0.2, -0.15) is 0 Å². The van der Waals surface area contributed by atoms with E-state index < -0.39 is 12.1 Å². The molecule has 27 heavy (non-hydrogen) atoms. The van der Waals surface area contributed by atoms with Crippen LogP contribution in [-0.2, 0) is 9.53 Å². The van der Waals surface area contributed by atoms with E-state index in [1.54, 1.807) is 49.4 Å². The summed E-state index contributed by atoms with van der Waals surface area (Å²) in [5.74, 6) is -0.142. The van der Waals surface area contributed by atoms with Gasteiger partial charge in [-0.1, -0.05) is 24.9 Å². The van der Waals surface area contributed by atoms with Gasteiger partial charge >= 0.3 is 5.97 Å². The molecule has 0 aliphatic heterocycles. The highest BCUT2D eigenvalue weighted by Crippen LogP contribution is 2.21. The van der Waals surface area contributed by atoms with Crippen molar-refractivity contribution in [1.82, 2.24) is 0 Å². The Bertz CT molecular complexity index is 789. The van der Waals surface area contributed by atoms with E-state index in [0.717, 1.165) is 18.4 Å². The molecule has 144 valence electrons. The first-order valence-corrected chi connectivity index (χ1v) is 9.29. The minimum absolute atomic E-state index is 0.237. The normalized spacial score (nSPS) is 11.6. The number of carbonyl (C=O) groups excluding carboxylic acids is 2. The highest BCUT2D eigenvalue weighted by Gasteiger charge is 2.16. The summed E-state index contributed by atoms with van der Waals surface area (Å²) in [7, 11) is 0. The summed E-state index contributed by atoms with van der Waals surface area (Å²) in [5.41, 5.74) is 2.06. The maximum Gasteiger partial charge on any atom is 0.347 e. The summed E-state index contributed by atoms with van der Waals surface area (Å²) < 4.78 is 10.7. The first kappa shape index (κ1) is 20.8. The van der Waals surface area contributed by atoms with Crippen LogP contribution in [0.2, 0.25) is 5.02 Å². The van der Waals surface area contributed by atoms with Gasteiger partial charge in [0.05, 0.1) is 6.61 Å². The van der Waals surface area contributed by atoms with Crippen LogP contribution in [0.1, 0.15) is 42.6 Å². The summed E-state index contributed by atoms with van der Waals surface area (Å²) in [6.45, 7) is 5.93. The van der Waals surface area contributed by atoms with Gasteiger partial charge in [-0.05, 0) is 68.3 Å². The second-order valence-electron chi connectivity index (χ2n) is 6.22. The zero-order chi connectivity index (χ0) is 19.8. The number of aryl methyl sites for hydroxylation is 1.